The SMILES string of the molecule is CCc1ccc(OCCCN2C(=O)COc3ccc(NC(=O)/C=C/c4ccc(F)cc4)cc32)cc1. The first kappa shape index (κ1) is 24.0. The Balaban J connectivity index is 1.36. The van der Waals surface area contributed by atoms with E-state index in [4.69, 9.17) is 9.47 Å². The third kappa shape index (κ3) is 6.47. The monoisotopic (exact) mass is 474 g/mol. The van der Waals surface area contributed by atoms with Crippen molar-refractivity contribution in [3.05, 3.63) is 89.8 Å². The highest BCUT2D eigenvalue weighted by molar-refractivity contribution is 6.03. The molecule has 1 heterocycles. The van der Waals surface area contributed by atoms with Gasteiger partial charge in [0, 0.05) is 18.3 Å². The number of halogens is 1. The summed E-state index contributed by atoms with van der Waals surface area (Å²) in [5.74, 6) is 0.560. The fourth-order valence-corrected chi connectivity index (χ4v) is 3.69. The van der Waals surface area contributed by atoms with Crippen LogP contribution in [0.3, 0.4) is 0 Å². The summed E-state index contributed by atoms with van der Waals surface area (Å²) < 4.78 is 24.4. The number of hydrogen-bond acceptors (Lipinski definition) is 4. The molecule has 1 N–H and O–H groups in total. The minimum Gasteiger partial charge on any atom is -0.494 e. The van der Waals surface area contributed by atoms with Crippen LogP contribution in [-0.4, -0.2) is 31.6 Å². The van der Waals surface area contributed by atoms with Crippen molar-refractivity contribution in [1.82, 2.24) is 0 Å². The van der Waals surface area contributed by atoms with Crippen molar-refractivity contribution in [2.75, 3.05) is 30.0 Å². The highest BCUT2D eigenvalue weighted by Gasteiger charge is 2.25. The molecule has 35 heavy (non-hydrogen) atoms. The summed E-state index contributed by atoms with van der Waals surface area (Å²) in [6.07, 6.45) is 4.59. The van der Waals surface area contributed by atoms with Gasteiger partial charge in [0.1, 0.15) is 17.3 Å². The molecule has 6 nitrogen and oxygen atoms in total. The normalized spacial score (nSPS) is 12.9. The second-order valence-electron chi connectivity index (χ2n) is 8.09. The maximum absolute atomic E-state index is 13.0. The van der Waals surface area contributed by atoms with Gasteiger partial charge in [-0.3, -0.25) is 9.59 Å². The Hall–Kier alpha value is -4.13. The molecule has 1 aliphatic heterocycles. The van der Waals surface area contributed by atoms with Gasteiger partial charge in [-0.05, 0) is 72.5 Å². The van der Waals surface area contributed by atoms with Crippen LogP contribution in [0.2, 0.25) is 0 Å². The van der Waals surface area contributed by atoms with E-state index in [9.17, 15) is 14.0 Å². The molecular formula is C28H27FN2O4. The number of nitrogens with zero attached hydrogens (tertiary/aromatic N) is 1. The van der Waals surface area contributed by atoms with Crippen LogP contribution < -0.4 is 19.7 Å². The fourth-order valence-electron chi connectivity index (χ4n) is 3.69. The Morgan fingerprint density at radius 1 is 1.11 bits per heavy atom. The molecule has 180 valence electrons. The third-order valence-corrected chi connectivity index (χ3v) is 5.59. The summed E-state index contributed by atoms with van der Waals surface area (Å²) in [5, 5.41) is 2.79. The van der Waals surface area contributed by atoms with Crippen LogP contribution in [0.1, 0.15) is 24.5 Å². The highest BCUT2D eigenvalue weighted by atomic mass is 19.1. The summed E-state index contributed by atoms with van der Waals surface area (Å²) in [5.41, 5.74) is 3.10. The van der Waals surface area contributed by atoms with Crippen LogP contribution in [0.15, 0.2) is 72.8 Å². The lowest BCUT2D eigenvalue weighted by Crippen LogP contribution is -2.39. The molecule has 0 fully saturated rings. The number of nitrogens with one attached hydrogen (secondary N) is 1. The molecule has 1 aliphatic rings. The number of benzene rings is 3. The third-order valence-electron chi connectivity index (χ3n) is 5.59. The minimum absolute atomic E-state index is 0.0293. The van der Waals surface area contributed by atoms with Gasteiger partial charge in [-0.25, -0.2) is 4.39 Å². The van der Waals surface area contributed by atoms with E-state index in [1.807, 2.05) is 24.3 Å². The first-order valence-electron chi connectivity index (χ1n) is 11.6. The number of ether oxygens (including phenoxy) is 2. The van der Waals surface area contributed by atoms with Crippen molar-refractivity contribution in [2.24, 2.45) is 0 Å². The predicted octanol–water partition coefficient (Wildman–Crippen LogP) is 5.23. The molecule has 0 saturated carbocycles. The summed E-state index contributed by atoms with van der Waals surface area (Å²) >= 11 is 0. The van der Waals surface area contributed by atoms with E-state index >= 15 is 0 Å². The molecule has 0 aliphatic carbocycles. The van der Waals surface area contributed by atoms with Gasteiger partial charge in [0.15, 0.2) is 6.61 Å². The zero-order valence-corrected chi connectivity index (χ0v) is 19.5. The van der Waals surface area contributed by atoms with Gasteiger partial charge in [0.2, 0.25) is 5.91 Å². The molecule has 2 amide bonds. The number of amides is 2. The van der Waals surface area contributed by atoms with Crippen molar-refractivity contribution in [3.8, 4) is 11.5 Å². The zero-order chi connectivity index (χ0) is 24.6. The molecule has 0 unspecified atom stereocenters. The number of carbonyl (C=O) groups is 2. The summed E-state index contributed by atoms with van der Waals surface area (Å²) in [4.78, 5) is 26.6. The molecule has 0 bridgehead atoms. The van der Waals surface area contributed by atoms with Gasteiger partial charge in [-0.1, -0.05) is 31.2 Å². The maximum atomic E-state index is 13.0. The quantitative estimate of drug-likeness (QED) is 0.340. The van der Waals surface area contributed by atoms with Crippen LogP contribution in [-0.2, 0) is 16.0 Å². The van der Waals surface area contributed by atoms with Crippen LogP contribution in [0.25, 0.3) is 6.08 Å². The number of carbonyl (C=O) groups excluding carboxylic acids is 2. The molecule has 0 atom stereocenters. The molecule has 4 rings (SSSR count). The molecular weight excluding hydrogens is 447 g/mol. The van der Waals surface area contributed by atoms with E-state index < -0.39 is 0 Å². The van der Waals surface area contributed by atoms with Gasteiger partial charge >= 0.3 is 0 Å². The molecule has 0 aromatic heterocycles. The standard InChI is InChI=1S/C28H27FN2O4/c1-2-20-6-12-24(13-7-20)34-17-3-16-31-25-18-23(11-14-26(25)35-19-28(31)33)30-27(32)15-8-21-4-9-22(29)10-5-21/h4-15,18H,2-3,16-17,19H2,1H3,(H,30,32)/b15-8+. The molecule has 0 radical (unpaired) electrons. The van der Waals surface area contributed by atoms with Crippen molar-refractivity contribution in [3.63, 3.8) is 0 Å². The molecule has 3 aromatic carbocycles. The Morgan fingerprint density at radius 3 is 2.63 bits per heavy atom. The van der Waals surface area contributed by atoms with Gasteiger partial charge in [-0.15, -0.1) is 0 Å². The van der Waals surface area contributed by atoms with E-state index in [0.29, 0.717) is 42.3 Å². The van der Waals surface area contributed by atoms with Gasteiger partial charge in [-0.2, -0.15) is 0 Å². The maximum Gasteiger partial charge on any atom is 0.265 e. The first-order valence-corrected chi connectivity index (χ1v) is 11.6. The van der Waals surface area contributed by atoms with E-state index in [1.54, 1.807) is 41.3 Å². The Labute approximate surface area is 204 Å². The molecule has 7 heteroatoms. The van der Waals surface area contributed by atoms with Gasteiger partial charge in [0.25, 0.3) is 5.91 Å². The lowest BCUT2D eigenvalue weighted by Gasteiger charge is -2.29. The topological polar surface area (TPSA) is 67.9 Å². The highest BCUT2D eigenvalue weighted by Crippen LogP contribution is 2.34. The Kier molecular flexibility index (Phi) is 7.77. The Morgan fingerprint density at radius 2 is 1.89 bits per heavy atom. The second-order valence-corrected chi connectivity index (χ2v) is 8.09. The predicted molar refractivity (Wildman–Crippen MR) is 134 cm³/mol. The molecule has 3 aromatic rings. The average molecular weight is 475 g/mol. The number of aryl methyl sites for hydroxylation is 1. The molecule has 0 saturated heterocycles. The number of anilines is 2. The fraction of sp³-hybridized carbons (Fsp3) is 0.214. The van der Waals surface area contributed by atoms with Gasteiger partial charge < -0.3 is 19.7 Å². The first-order chi connectivity index (χ1) is 17.0. The van der Waals surface area contributed by atoms with Crippen LogP contribution in [0, 0.1) is 5.82 Å². The van der Waals surface area contributed by atoms with Crippen molar-refractivity contribution in [1.29, 1.82) is 0 Å². The summed E-state index contributed by atoms with van der Waals surface area (Å²) in [7, 11) is 0. The lowest BCUT2D eigenvalue weighted by molar-refractivity contribution is -0.121. The lowest BCUT2D eigenvalue weighted by atomic mass is 10.2. The van der Waals surface area contributed by atoms with Crippen molar-refractivity contribution >= 4 is 29.3 Å². The summed E-state index contributed by atoms with van der Waals surface area (Å²) in [6.45, 7) is 3.01. The number of hydrogen-bond donors (Lipinski definition) is 1. The number of rotatable bonds is 9. The number of fused-ring (bicyclic) bond motifs is 1. The largest absolute Gasteiger partial charge is 0.494 e. The van der Waals surface area contributed by atoms with E-state index in [2.05, 4.69) is 12.2 Å². The molecule has 0 spiro atoms. The van der Waals surface area contributed by atoms with E-state index in [1.165, 1.54) is 23.8 Å². The Bertz CT molecular complexity index is 1210. The van der Waals surface area contributed by atoms with Gasteiger partial charge in [0.05, 0.1) is 12.3 Å². The van der Waals surface area contributed by atoms with Crippen molar-refractivity contribution < 1.29 is 23.5 Å². The van der Waals surface area contributed by atoms with Crippen molar-refractivity contribution in [2.45, 2.75) is 19.8 Å². The minimum atomic E-state index is -0.341. The van der Waals surface area contributed by atoms with Crippen LogP contribution in [0.4, 0.5) is 15.8 Å². The second kappa shape index (κ2) is 11.3. The smallest absolute Gasteiger partial charge is 0.265 e. The van der Waals surface area contributed by atoms with E-state index in [0.717, 1.165) is 12.2 Å². The van der Waals surface area contributed by atoms with Crippen LogP contribution >= 0.6 is 0 Å². The average Bonchev–Trinajstić information content (AvgIpc) is 2.87. The van der Waals surface area contributed by atoms with Crippen LogP contribution in [0.5, 0.6) is 11.5 Å². The zero-order valence-electron chi connectivity index (χ0n) is 19.5. The van der Waals surface area contributed by atoms with E-state index in [-0.39, 0.29) is 24.2 Å². The summed E-state index contributed by atoms with van der Waals surface area (Å²) in [6, 6.07) is 19.0.